The van der Waals surface area contributed by atoms with Crippen LogP contribution in [0.15, 0.2) is 42.7 Å². The summed E-state index contributed by atoms with van der Waals surface area (Å²) in [6.07, 6.45) is 4.60. The molecule has 0 aliphatic rings. The first-order chi connectivity index (χ1) is 9.69. The lowest BCUT2D eigenvalue weighted by molar-refractivity contribution is 1.11. The average Bonchev–Trinajstić information content (AvgIpc) is 2.47. The number of rotatable bonds is 2. The third-order valence-corrected chi connectivity index (χ3v) is 3.54. The number of nitrogens with two attached hydrogens (primary N) is 1. The molecule has 2 N–H and O–H groups in total. The highest BCUT2D eigenvalue weighted by molar-refractivity contribution is 5.93. The van der Waals surface area contributed by atoms with Crippen molar-refractivity contribution < 1.29 is 0 Å². The Labute approximate surface area is 118 Å². The number of nitrogen functional groups attached to an aromatic ring is 1. The van der Waals surface area contributed by atoms with Crippen LogP contribution in [0.5, 0.6) is 0 Å². The lowest BCUT2D eigenvalue weighted by Gasteiger charge is -2.09. The van der Waals surface area contributed by atoms with E-state index >= 15 is 0 Å². The molecular formula is C17H17N3. The van der Waals surface area contributed by atoms with Crippen LogP contribution < -0.4 is 5.73 Å². The molecular weight excluding hydrogens is 246 g/mol. The summed E-state index contributed by atoms with van der Waals surface area (Å²) in [4.78, 5) is 8.88. The lowest BCUT2D eigenvalue weighted by atomic mass is 10.0. The second-order valence-corrected chi connectivity index (χ2v) is 5.01. The molecule has 0 fully saturated rings. The fourth-order valence-corrected chi connectivity index (χ4v) is 2.46. The first kappa shape index (κ1) is 12.6. The molecule has 0 saturated carbocycles. The smallest absolute Gasteiger partial charge is 0.126 e. The van der Waals surface area contributed by atoms with Crippen molar-refractivity contribution in [3.8, 4) is 11.1 Å². The summed E-state index contributed by atoms with van der Waals surface area (Å²) < 4.78 is 0. The Hall–Kier alpha value is -2.42. The van der Waals surface area contributed by atoms with Gasteiger partial charge in [0.1, 0.15) is 5.82 Å². The molecule has 0 spiro atoms. The van der Waals surface area contributed by atoms with Crippen LogP contribution in [-0.2, 0) is 6.42 Å². The Kier molecular flexibility index (Phi) is 3.11. The van der Waals surface area contributed by atoms with Crippen molar-refractivity contribution in [3.05, 3.63) is 53.9 Å². The van der Waals surface area contributed by atoms with E-state index in [2.05, 4.69) is 54.1 Å². The van der Waals surface area contributed by atoms with Crippen molar-refractivity contribution in [1.29, 1.82) is 0 Å². The topological polar surface area (TPSA) is 51.8 Å². The summed E-state index contributed by atoms with van der Waals surface area (Å²) >= 11 is 0. The third kappa shape index (κ3) is 2.11. The van der Waals surface area contributed by atoms with Crippen molar-refractivity contribution in [2.75, 3.05) is 5.73 Å². The van der Waals surface area contributed by atoms with E-state index in [1.54, 1.807) is 0 Å². The van der Waals surface area contributed by atoms with E-state index in [1.165, 1.54) is 5.56 Å². The van der Waals surface area contributed by atoms with Crippen molar-refractivity contribution >= 4 is 16.7 Å². The standard InChI is InChI=1S/C17H17N3/c1-3-12-8-14(10-20-17(12)18)15-6-4-5-13-7-11(2)9-19-16(13)15/h4-10H,3H2,1-2H3,(H2,18,20). The van der Waals surface area contributed by atoms with Crippen LogP contribution in [0.3, 0.4) is 0 Å². The monoisotopic (exact) mass is 263 g/mol. The molecule has 0 saturated heterocycles. The zero-order valence-electron chi connectivity index (χ0n) is 11.7. The molecule has 100 valence electrons. The average molecular weight is 263 g/mol. The van der Waals surface area contributed by atoms with Gasteiger partial charge in [-0.15, -0.1) is 0 Å². The van der Waals surface area contributed by atoms with Gasteiger partial charge in [-0.05, 0) is 36.6 Å². The highest BCUT2D eigenvalue weighted by Gasteiger charge is 2.08. The van der Waals surface area contributed by atoms with Crippen molar-refractivity contribution in [1.82, 2.24) is 9.97 Å². The maximum absolute atomic E-state index is 5.88. The van der Waals surface area contributed by atoms with Gasteiger partial charge < -0.3 is 5.73 Å². The van der Waals surface area contributed by atoms with Gasteiger partial charge in [0.25, 0.3) is 0 Å². The van der Waals surface area contributed by atoms with Crippen molar-refractivity contribution in [2.45, 2.75) is 20.3 Å². The normalized spacial score (nSPS) is 10.9. The molecule has 0 aliphatic carbocycles. The number of aromatic nitrogens is 2. The third-order valence-electron chi connectivity index (χ3n) is 3.54. The molecule has 0 atom stereocenters. The molecule has 2 heterocycles. The van der Waals surface area contributed by atoms with Gasteiger partial charge in [-0.25, -0.2) is 4.98 Å². The number of para-hydroxylation sites is 1. The van der Waals surface area contributed by atoms with Crippen LogP contribution in [-0.4, -0.2) is 9.97 Å². The predicted molar refractivity (Wildman–Crippen MR) is 83.5 cm³/mol. The Morgan fingerprint density at radius 2 is 1.95 bits per heavy atom. The minimum absolute atomic E-state index is 0.611. The van der Waals surface area contributed by atoms with Gasteiger partial charge in [0.2, 0.25) is 0 Å². The lowest BCUT2D eigenvalue weighted by Crippen LogP contribution is -1.97. The Morgan fingerprint density at radius 1 is 1.10 bits per heavy atom. The molecule has 3 nitrogen and oxygen atoms in total. The van der Waals surface area contributed by atoms with Crippen LogP contribution in [0.1, 0.15) is 18.1 Å². The van der Waals surface area contributed by atoms with Gasteiger partial charge in [0.15, 0.2) is 0 Å². The fraction of sp³-hybridized carbons (Fsp3) is 0.176. The Bertz CT molecular complexity index is 778. The highest BCUT2D eigenvalue weighted by Crippen LogP contribution is 2.28. The van der Waals surface area contributed by atoms with Crippen molar-refractivity contribution in [2.24, 2.45) is 0 Å². The largest absolute Gasteiger partial charge is 0.383 e. The van der Waals surface area contributed by atoms with E-state index in [-0.39, 0.29) is 0 Å². The minimum atomic E-state index is 0.611. The second kappa shape index (κ2) is 4.93. The maximum Gasteiger partial charge on any atom is 0.126 e. The Balaban J connectivity index is 2.24. The van der Waals surface area contributed by atoms with E-state index < -0.39 is 0 Å². The molecule has 3 rings (SSSR count). The van der Waals surface area contributed by atoms with E-state index in [4.69, 9.17) is 5.73 Å². The Morgan fingerprint density at radius 3 is 2.75 bits per heavy atom. The summed E-state index contributed by atoms with van der Waals surface area (Å²) in [5, 5.41) is 1.15. The number of fused-ring (bicyclic) bond motifs is 1. The van der Waals surface area contributed by atoms with Crippen LogP contribution in [0.25, 0.3) is 22.0 Å². The SMILES string of the molecule is CCc1cc(-c2cccc3cc(C)cnc23)cnc1N. The summed E-state index contributed by atoms with van der Waals surface area (Å²) in [5.74, 6) is 0.611. The summed E-state index contributed by atoms with van der Waals surface area (Å²) in [7, 11) is 0. The quantitative estimate of drug-likeness (QED) is 0.766. The molecule has 0 unspecified atom stereocenters. The molecule has 0 bridgehead atoms. The van der Waals surface area contributed by atoms with Crippen molar-refractivity contribution in [3.63, 3.8) is 0 Å². The number of pyridine rings is 2. The summed E-state index contributed by atoms with van der Waals surface area (Å²) in [6, 6.07) is 10.5. The van der Waals surface area contributed by atoms with Gasteiger partial charge in [0.05, 0.1) is 5.52 Å². The molecule has 0 amide bonds. The van der Waals surface area contributed by atoms with Gasteiger partial charge in [-0.2, -0.15) is 0 Å². The molecule has 20 heavy (non-hydrogen) atoms. The molecule has 2 aromatic heterocycles. The van der Waals surface area contributed by atoms with Gasteiger partial charge in [0, 0.05) is 28.9 Å². The van der Waals surface area contributed by atoms with Gasteiger partial charge in [-0.3, -0.25) is 4.98 Å². The summed E-state index contributed by atoms with van der Waals surface area (Å²) in [6.45, 7) is 4.14. The highest BCUT2D eigenvalue weighted by atomic mass is 14.8. The second-order valence-electron chi connectivity index (χ2n) is 5.01. The first-order valence-corrected chi connectivity index (χ1v) is 6.79. The van der Waals surface area contributed by atoms with Gasteiger partial charge in [-0.1, -0.05) is 25.1 Å². The number of hydrogen-bond acceptors (Lipinski definition) is 3. The van der Waals surface area contributed by atoms with Gasteiger partial charge >= 0.3 is 0 Å². The number of hydrogen-bond donors (Lipinski definition) is 1. The van der Waals surface area contributed by atoms with Crippen LogP contribution >= 0.6 is 0 Å². The van der Waals surface area contributed by atoms with E-state index in [9.17, 15) is 0 Å². The number of anilines is 1. The maximum atomic E-state index is 5.88. The van der Waals surface area contributed by atoms with Crippen LogP contribution in [0, 0.1) is 6.92 Å². The van der Waals surface area contributed by atoms with E-state index in [0.29, 0.717) is 5.82 Å². The number of benzene rings is 1. The fourth-order valence-electron chi connectivity index (χ4n) is 2.46. The molecule has 3 aromatic rings. The zero-order chi connectivity index (χ0) is 14.1. The first-order valence-electron chi connectivity index (χ1n) is 6.79. The molecule has 3 heteroatoms. The minimum Gasteiger partial charge on any atom is -0.383 e. The summed E-state index contributed by atoms with van der Waals surface area (Å²) in [5.41, 5.74) is 11.3. The molecule has 0 radical (unpaired) electrons. The molecule has 0 aliphatic heterocycles. The van der Waals surface area contributed by atoms with Crippen LogP contribution in [0.2, 0.25) is 0 Å². The zero-order valence-corrected chi connectivity index (χ0v) is 11.7. The predicted octanol–water partition coefficient (Wildman–Crippen LogP) is 3.75. The van der Waals surface area contributed by atoms with E-state index in [1.807, 2.05) is 12.4 Å². The molecule has 1 aromatic carbocycles. The number of aryl methyl sites for hydroxylation is 2. The van der Waals surface area contributed by atoms with Crippen LogP contribution in [0.4, 0.5) is 5.82 Å². The van der Waals surface area contributed by atoms with E-state index in [0.717, 1.165) is 34.0 Å². The number of nitrogens with zero attached hydrogens (tertiary/aromatic N) is 2.